The Morgan fingerprint density at radius 2 is 1.95 bits per heavy atom. The molecule has 20 heavy (non-hydrogen) atoms. The zero-order chi connectivity index (χ0) is 14.3. The van der Waals surface area contributed by atoms with E-state index < -0.39 is 0 Å². The Kier molecular flexibility index (Phi) is 3.63. The maximum absolute atomic E-state index is 6.09. The van der Waals surface area contributed by atoms with E-state index >= 15 is 0 Å². The molecule has 2 aromatic rings. The highest BCUT2D eigenvalue weighted by Crippen LogP contribution is 2.33. The fourth-order valence-corrected chi connectivity index (χ4v) is 2.89. The van der Waals surface area contributed by atoms with Crippen LogP contribution in [-0.4, -0.2) is 16.5 Å². The van der Waals surface area contributed by atoms with Crippen molar-refractivity contribution in [3.8, 4) is 0 Å². The summed E-state index contributed by atoms with van der Waals surface area (Å²) in [5.74, 6) is 0.989. The molecular weight excluding hydrogens is 319 g/mol. The summed E-state index contributed by atoms with van der Waals surface area (Å²) in [6.45, 7) is 1.50. The van der Waals surface area contributed by atoms with Gasteiger partial charge in [-0.05, 0) is 24.1 Å². The Labute approximate surface area is 131 Å². The first-order valence-electron chi connectivity index (χ1n) is 6.05. The highest BCUT2D eigenvalue weighted by atomic mass is 35.5. The number of nitrogens with two attached hydrogens (primary N) is 1. The van der Waals surface area contributed by atoms with Crippen LogP contribution in [0.4, 0.5) is 11.8 Å². The van der Waals surface area contributed by atoms with Gasteiger partial charge >= 0.3 is 0 Å². The Morgan fingerprint density at radius 3 is 2.70 bits per heavy atom. The summed E-state index contributed by atoms with van der Waals surface area (Å²) in [5.41, 5.74) is 7.66. The molecule has 0 unspecified atom stereocenters. The topological polar surface area (TPSA) is 55.0 Å². The molecule has 4 nitrogen and oxygen atoms in total. The Hall–Kier alpha value is -1.23. The number of rotatable bonds is 2. The van der Waals surface area contributed by atoms with Gasteiger partial charge in [0.2, 0.25) is 5.95 Å². The van der Waals surface area contributed by atoms with Gasteiger partial charge in [-0.3, -0.25) is 0 Å². The van der Waals surface area contributed by atoms with Crippen molar-refractivity contribution in [1.82, 2.24) is 9.97 Å². The van der Waals surface area contributed by atoms with Crippen LogP contribution in [0.15, 0.2) is 18.2 Å². The van der Waals surface area contributed by atoms with Crippen molar-refractivity contribution >= 4 is 46.6 Å². The van der Waals surface area contributed by atoms with Gasteiger partial charge < -0.3 is 10.6 Å². The van der Waals surface area contributed by atoms with Crippen molar-refractivity contribution in [1.29, 1.82) is 0 Å². The lowest BCUT2D eigenvalue weighted by Crippen LogP contribution is -2.20. The third-order valence-electron chi connectivity index (χ3n) is 3.24. The Bertz CT molecular complexity index is 675. The fourth-order valence-electron chi connectivity index (χ4n) is 2.30. The van der Waals surface area contributed by atoms with Gasteiger partial charge in [-0.1, -0.05) is 40.9 Å². The molecule has 0 atom stereocenters. The molecule has 0 bridgehead atoms. The minimum Gasteiger partial charge on any atom is -0.368 e. The first-order valence-corrected chi connectivity index (χ1v) is 7.19. The fraction of sp³-hybridized carbons (Fsp3) is 0.231. The number of benzene rings is 1. The number of fused-ring (bicyclic) bond motifs is 1. The average molecular weight is 330 g/mol. The highest BCUT2D eigenvalue weighted by molar-refractivity contribution is 6.42. The summed E-state index contributed by atoms with van der Waals surface area (Å²) < 4.78 is 0. The van der Waals surface area contributed by atoms with E-state index in [0.29, 0.717) is 21.7 Å². The van der Waals surface area contributed by atoms with Crippen LogP contribution in [0.1, 0.15) is 11.1 Å². The van der Waals surface area contributed by atoms with E-state index in [1.165, 1.54) is 0 Å². The molecule has 1 aliphatic rings. The number of nitrogens with zero attached hydrogens (tertiary/aromatic N) is 3. The molecule has 0 aliphatic carbocycles. The standard InChI is InChI=1S/C13H11Cl3N4/c14-9-2-1-7(5-10(9)15)6-20-4-3-8-11(16)18-13(17)19-12(8)20/h1-2,5H,3-4,6H2,(H2,17,18,19). The van der Waals surface area contributed by atoms with Crippen LogP contribution in [0, 0.1) is 0 Å². The van der Waals surface area contributed by atoms with Crippen LogP contribution >= 0.6 is 34.8 Å². The van der Waals surface area contributed by atoms with E-state index in [4.69, 9.17) is 40.5 Å². The van der Waals surface area contributed by atoms with Crippen molar-refractivity contribution in [2.75, 3.05) is 17.2 Å². The quantitative estimate of drug-likeness (QED) is 0.856. The van der Waals surface area contributed by atoms with Gasteiger partial charge in [0.25, 0.3) is 0 Å². The van der Waals surface area contributed by atoms with Crippen LogP contribution in [0.2, 0.25) is 15.2 Å². The van der Waals surface area contributed by atoms with E-state index in [1.807, 2.05) is 12.1 Å². The van der Waals surface area contributed by atoms with Gasteiger partial charge in [-0.2, -0.15) is 4.98 Å². The summed E-state index contributed by atoms with van der Waals surface area (Å²) in [4.78, 5) is 10.4. The van der Waals surface area contributed by atoms with Gasteiger partial charge in [0, 0.05) is 18.7 Å². The molecule has 0 radical (unpaired) electrons. The predicted octanol–water partition coefficient (Wildman–Crippen LogP) is 3.58. The minimum absolute atomic E-state index is 0.190. The van der Waals surface area contributed by atoms with Gasteiger partial charge in [0.05, 0.1) is 10.0 Å². The molecule has 0 fully saturated rings. The van der Waals surface area contributed by atoms with Crippen molar-refractivity contribution < 1.29 is 0 Å². The monoisotopic (exact) mass is 328 g/mol. The lowest BCUT2D eigenvalue weighted by Gasteiger charge is -2.18. The second kappa shape index (κ2) is 5.28. The smallest absolute Gasteiger partial charge is 0.223 e. The lowest BCUT2D eigenvalue weighted by atomic mass is 10.2. The van der Waals surface area contributed by atoms with E-state index in [2.05, 4.69) is 14.9 Å². The molecule has 0 saturated heterocycles. The summed E-state index contributed by atoms with van der Waals surface area (Å²) in [5, 5.41) is 1.53. The lowest BCUT2D eigenvalue weighted by molar-refractivity contribution is 0.826. The van der Waals surface area contributed by atoms with Crippen LogP contribution in [0.3, 0.4) is 0 Å². The zero-order valence-corrected chi connectivity index (χ0v) is 12.7. The molecule has 104 valence electrons. The molecule has 0 amide bonds. The van der Waals surface area contributed by atoms with Crippen molar-refractivity contribution in [2.24, 2.45) is 0 Å². The maximum Gasteiger partial charge on any atom is 0.223 e. The summed E-state index contributed by atoms with van der Waals surface area (Å²) in [6.07, 6.45) is 0.815. The molecule has 3 rings (SSSR count). The highest BCUT2D eigenvalue weighted by Gasteiger charge is 2.24. The van der Waals surface area contributed by atoms with Crippen molar-refractivity contribution in [3.05, 3.63) is 44.5 Å². The number of halogens is 3. The number of anilines is 2. The SMILES string of the molecule is Nc1nc(Cl)c2c(n1)N(Cc1ccc(Cl)c(Cl)c1)CC2. The van der Waals surface area contributed by atoms with Gasteiger partial charge in [0.15, 0.2) is 0 Å². The van der Waals surface area contributed by atoms with E-state index in [-0.39, 0.29) is 5.95 Å². The molecule has 2 heterocycles. The molecule has 1 aliphatic heterocycles. The van der Waals surface area contributed by atoms with Gasteiger partial charge in [-0.25, -0.2) is 4.98 Å². The third-order valence-corrected chi connectivity index (χ3v) is 4.29. The van der Waals surface area contributed by atoms with E-state index in [9.17, 15) is 0 Å². The number of hydrogen-bond donors (Lipinski definition) is 1. The molecular formula is C13H11Cl3N4. The predicted molar refractivity (Wildman–Crippen MR) is 82.7 cm³/mol. The second-order valence-electron chi connectivity index (χ2n) is 4.59. The number of aromatic nitrogens is 2. The number of nitrogen functional groups attached to an aromatic ring is 1. The minimum atomic E-state index is 0.190. The molecule has 0 spiro atoms. The number of hydrogen-bond acceptors (Lipinski definition) is 4. The average Bonchev–Trinajstić information content (AvgIpc) is 2.77. The van der Waals surface area contributed by atoms with Crippen LogP contribution < -0.4 is 10.6 Å². The molecule has 1 aromatic heterocycles. The second-order valence-corrected chi connectivity index (χ2v) is 5.77. The molecule has 1 aromatic carbocycles. The van der Waals surface area contributed by atoms with Crippen molar-refractivity contribution in [3.63, 3.8) is 0 Å². The Balaban J connectivity index is 1.90. The van der Waals surface area contributed by atoms with Gasteiger partial charge in [-0.15, -0.1) is 0 Å². The first-order chi connectivity index (χ1) is 9.54. The first kappa shape index (κ1) is 13.7. The summed E-state index contributed by atoms with van der Waals surface area (Å²) in [6, 6.07) is 5.59. The normalized spacial score (nSPS) is 13.7. The van der Waals surface area contributed by atoms with Gasteiger partial charge in [0.1, 0.15) is 11.0 Å². The van der Waals surface area contributed by atoms with Crippen LogP contribution in [0.25, 0.3) is 0 Å². The Morgan fingerprint density at radius 1 is 1.15 bits per heavy atom. The maximum atomic E-state index is 6.09. The van der Waals surface area contributed by atoms with Crippen molar-refractivity contribution in [2.45, 2.75) is 13.0 Å². The van der Waals surface area contributed by atoms with Crippen LogP contribution in [0.5, 0.6) is 0 Å². The zero-order valence-electron chi connectivity index (χ0n) is 10.4. The largest absolute Gasteiger partial charge is 0.368 e. The summed E-state index contributed by atoms with van der Waals surface area (Å²) >= 11 is 18.0. The van der Waals surface area contributed by atoms with E-state index in [0.717, 1.165) is 29.9 Å². The summed E-state index contributed by atoms with van der Waals surface area (Å²) in [7, 11) is 0. The molecule has 0 saturated carbocycles. The van der Waals surface area contributed by atoms with E-state index in [1.54, 1.807) is 6.07 Å². The molecule has 7 heteroatoms. The van der Waals surface area contributed by atoms with Crippen LogP contribution in [-0.2, 0) is 13.0 Å². The molecule has 2 N–H and O–H groups in total. The third kappa shape index (κ3) is 2.51.